The summed E-state index contributed by atoms with van der Waals surface area (Å²) in [6.45, 7) is 1.83. The molecule has 0 N–H and O–H groups in total. The molecular weight excluding hydrogens is 290 g/mol. The van der Waals surface area contributed by atoms with Crippen molar-refractivity contribution < 1.29 is 23.0 Å². The van der Waals surface area contributed by atoms with E-state index in [0.29, 0.717) is 5.75 Å². The zero-order chi connectivity index (χ0) is 15.9. The maximum absolute atomic E-state index is 13.4. The van der Waals surface area contributed by atoms with Crippen LogP contribution in [-0.4, -0.2) is 12.6 Å². The average Bonchev–Trinajstić information content (AvgIpc) is 2.51. The molecule has 0 spiro atoms. The Kier molecular flexibility index (Phi) is 5.47. The van der Waals surface area contributed by atoms with Gasteiger partial charge in [-0.15, -0.1) is 0 Å². The summed E-state index contributed by atoms with van der Waals surface area (Å²) in [6.07, 6.45) is 0.0326. The molecule has 0 saturated heterocycles. The van der Waals surface area contributed by atoms with Gasteiger partial charge in [0.25, 0.3) is 0 Å². The lowest BCUT2D eigenvalue weighted by Crippen LogP contribution is -2.10. The van der Waals surface area contributed by atoms with E-state index in [1.165, 1.54) is 12.1 Å². The molecule has 0 aliphatic heterocycles. The maximum Gasteiger partial charge on any atom is 0.309 e. The Labute approximate surface area is 127 Å². The van der Waals surface area contributed by atoms with E-state index in [0.717, 1.165) is 11.6 Å². The standard InChI is InChI=1S/C17H16F2O3/c1-12-5-7-14(8-6-12)21-10-9-16(20)22-11-13-3-2-4-15(18)17(13)19/h2-8H,9-11H2,1H3. The molecule has 3 nitrogen and oxygen atoms in total. The summed E-state index contributed by atoms with van der Waals surface area (Å²) in [5.74, 6) is -1.83. The lowest BCUT2D eigenvalue weighted by molar-refractivity contribution is -0.145. The number of hydrogen-bond donors (Lipinski definition) is 0. The molecular formula is C17H16F2O3. The summed E-state index contributed by atoms with van der Waals surface area (Å²) in [7, 11) is 0. The fourth-order valence-corrected chi connectivity index (χ4v) is 1.78. The van der Waals surface area contributed by atoms with Gasteiger partial charge in [0.15, 0.2) is 11.6 Å². The highest BCUT2D eigenvalue weighted by atomic mass is 19.2. The first-order valence-corrected chi connectivity index (χ1v) is 6.84. The largest absolute Gasteiger partial charge is 0.493 e. The van der Waals surface area contributed by atoms with Crippen LogP contribution in [0.3, 0.4) is 0 Å². The number of carbonyl (C=O) groups excluding carboxylic acids is 1. The van der Waals surface area contributed by atoms with Gasteiger partial charge in [-0.1, -0.05) is 29.8 Å². The topological polar surface area (TPSA) is 35.5 Å². The highest BCUT2D eigenvalue weighted by Gasteiger charge is 2.10. The summed E-state index contributed by atoms with van der Waals surface area (Å²) >= 11 is 0. The summed E-state index contributed by atoms with van der Waals surface area (Å²) < 4.78 is 36.6. The van der Waals surface area contributed by atoms with Crippen LogP contribution in [0.2, 0.25) is 0 Å². The number of carbonyl (C=O) groups is 1. The molecule has 2 aromatic rings. The van der Waals surface area contributed by atoms with Gasteiger partial charge in [0.05, 0.1) is 13.0 Å². The maximum atomic E-state index is 13.4. The Bertz CT molecular complexity index is 639. The van der Waals surface area contributed by atoms with Crippen molar-refractivity contribution in [2.45, 2.75) is 20.0 Å². The number of benzene rings is 2. The van der Waals surface area contributed by atoms with E-state index in [1.807, 2.05) is 31.2 Å². The van der Waals surface area contributed by atoms with E-state index in [2.05, 4.69) is 0 Å². The van der Waals surface area contributed by atoms with Gasteiger partial charge in [0.2, 0.25) is 0 Å². The quantitative estimate of drug-likeness (QED) is 0.762. The molecule has 0 aliphatic carbocycles. The normalized spacial score (nSPS) is 10.3. The minimum Gasteiger partial charge on any atom is -0.493 e. The lowest BCUT2D eigenvalue weighted by Gasteiger charge is -2.08. The smallest absolute Gasteiger partial charge is 0.309 e. The van der Waals surface area contributed by atoms with E-state index in [4.69, 9.17) is 9.47 Å². The highest BCUT2D eigenvalue weighted by Crippen LogP contribution is 2.13. The second-order valence-electron chi connectivity index (χ2n) is 4.79. The van der Waals surface area contributed by atoms with Crippen LogP contribution < -0.4 is 4.74 Å². The fourth-order valence-electron chi connectivity index (χ4n) is 1.78. The Morgan fingerprint density at radius 3 is 2.55 bits per heavy atom. The molecule has 2 rings (SSSR count). The number of aryl methyl sites for hydroxylation is 1. The van der Waals surface area contributed by atoms with Gasteiger partial charge >= 0.3 is 5.97 Å². The summed E-state index contributed by atoms with van der Waals surface area (Å²) in [6, 6.07) is 11.2. The van der Waals surface area contributed by atoms with E-state index in [-0.39, 0.29) is 25.2 Å². The van der Waals surface area contributed by atoms with Crippen LogP contribution in [0, 0.1) is 18.6 Å². The SMILES string of the molecule is Cc1ccc(OCCC(=O)OCc2cccc(F)c2F)cc1. The third kappa shape index (κ3) is 4.55. The zero-order valence-electron chi connectivity index (χ0n) is 12.1. The molecule has 116 valence electrons. The molecule has 5 heteroatoms. The minimum absolute atomic E-state index is 0.00722. The van der Waals surface area contributed by atoms with Crippen molar-refractivity contribution in [3.8, 4) is 5.75 Å². The van der Waals surface area contributed by atoms with Crippen molar-refractivity contribution in [2.75, 3.05) is 6.61 Å². The molecule has 0 radical (unpaired) electrons. The second-order valence-corrected chi connectivity index (χ2v) is 4.79. The molecule has 0 atom stereocenters. The third-order valence-corrected chi connectivity index (χ3v) is 3.02. The summed E-state index contributed by atoms with van der Waals surface area (Å²) in [5, 5.41) is 0. The van der Waals surface area contributed by atoms with Crippen LogP contribution in [0.5, 0.6) is 5.75 Å². The molecule has 0 aromatic heterocycles. The van der Waals surface area contributed by atoms with E-state index in [9.17, 15) is 13.6 Å². The first kappa shape index (κ1) is 15.9. The predicted octanol–water partition coefficient (Wildman–Crippen LogP) is 3.79. The van der Waals surface area contributed by atoms with Crippen LogP contribution in [-0.2, 0) is 16.1 Å². The van der Waals surface area contributed by atoms with Crippen LogP contribution in [0.4, 0.5) is 8.78 Å². The van der Waals surface area contributed by atoms with Gasteiger partial charge < -0.3 is 9.47 Å². The monoisotopic (exact) mass is 306 g/mol. The van der Waals surface area contributed by atoms with Crippen LogP contribution in [0.1, 0.15) is 17.5 Å². The summed E-state index contributed by atoms with van der Waals surface area (Å²) in [5.41, 5.74) is 1.12. The molecule has 0 heterocycles. The number of ether oxygens (including phenoxy) is 2. The molecule has 0 amide bonds. The zero-order valence-corrected chi connectivity index (χ0v) is 12.1. The first-order valence-electron chi connectivity index (χ1n) is 6.84. The van der Waals surface area contributed by atoms with E-state index < -0.39 is 17.6 Å². The van der Waals surface area contributed by atoms with Crippen LogP contribution in [0.15, 0.2) is 42.5 Å². The molecule has 0 bridgehead atoms. The van der Waals surface area contributed by atoms with Gasteiger partial charge in [-0.2, -0.15) is 0 Å². The Morgan fingerprint density at radius 2 is 1.82 bits per heavy atom. The van der Waals surface area contributed by atoms with Gasteiger partial charge in [-0.3, -0.25) is 4.79 Å². The van der Waals surface area contributed by atoms with Gasteiger partial charge in [-0.25, -0.2) is 8.78 Å². The van der Waals surface area contributed by atoms with Crippen LogP contribution >= 0.6 is 0 Å². The molecule has 2 aromatic carbocycles. The number of hydrogen-bond acceptors (Lipinski definition) is 3. The second kappa shape index (κ2) is 7.54. The van der Waals surface area contributed by atoms with E-state index in [1.54, 1.807) is 0 Å². The fraction of sp³-hybridized carbons (Fsp3) is 0.235. The first-order chi connectivity index (χ1) is 10.6. The van der Waals surface area contributed by atoms with E-state index >= 15 is 0 Å². The van der Waals surface area contributed by atoms with Crippen molar-refractivity contribution >= 4 is 5.97 Å². The number of esters is 1. The predicted molar refractivity (Wildman–Crippen MR) is 77.4 cm³/mol. The Morgan fingerprint density at radius 1 is 1.09 bits per heavy atom. The van der Waals surface area contributed by atoms with Crippen molar-refractivity contribution in [1.82, 2.24) is 0 Å². The van der Waals surface area contributed by atoms with Crippen molar-refractivity contribution in [2.24, 2.45) is 0 Å². The van der Waals surface area contributed by atoms with Crippen molar-refractivity contribution in [3.05, 3.63) is 65.2 Å². The molecule has 0 unspecified atom stereocenters. The Hall–Kier alpha value is -2.43. The third-order valence-electron chi connectivity index (χ3n) is 3.02. The average molecular weight is 306 g/mol. The van der Waals surface area contributed by atoms with Crippen molar-refractivity contribution in [3.63, 3.8) is 0 Å². The molecule has 0 fully saturated rings. The molecule has 22 heavy (non-hydrogen) atoms. The van der Waals surface area contributed by atoms with Gasteiger partial charge in [0, 0.05) is 5.56 Å². The minimum atomic E-state index is -0.994. The van der Waals surface area contributed by atoms with Crippen LogP contribution in [0.25, 0.3) is 0 Å². The molecule has 0 aliphatic rings. The lowest BCUT2D eigenvalue weighted by atomic mass is 10.2. The number of halogens is 2. The highest BCUT2D eigenvalue weighted by molar-refractivity contribution is 5.69. The van der Waals surface area contributed by atoms with Crippen molar-refractivity contribution in [1.29, 1.82) is 0 Å². The van der Waals surface area contributed by atoms with Gasteiger partial charge in [0.1, 0.15) is 12.4 Å². The summed E-state index contributed by atoms with van der Waals surface area (Å²) in [4.78, 5) is 11.5. The molecule has 0 saturated carbocycles. The number of rotatable bonds is 6. The van der Waals surface area contributed by atoms with Gasteiger partial charge in [-0.05, 0) is 25.1 Å². The Balaban J connectivity index is 1.74.